The molecular weight excluding hydrogens is 334 g/mol. The van der Waals surface area contributed by atoms with Gasteiger partial charge in [-0.2, -0.15) is 0 Å². The van der Waals surface area contributed by atoms with E-state index in [1.807, 2.05) is 32.0 Å². The van der Waals surface area contributed by atoms with Crippen LogP contribution in [0.15, 0.2) is 60.8 Å². The molecule has 0 aliphatic heterocycles. The van der Waals surface area contributed by atoms with E-state index in [1.54, 1.807) is 42.6 Å². The van der Waals surface area contributed by atoms with Crippen molar-refractivity contribution in [3.63, 3.8) is 0 Å². The Balaban J connectivity index is 1.89. The summed E-state index contributed by atoms with van der Waals surface area (Å²) in [5.74, 6) is 0.267. The van der Waals surface area contributed by atoms with Gasteiger partial charge in [-0.05, 0) is 55.3 Å². The lowest BCUT2D eigenvalue weighted by Gasteiger charge is -2.15. The summed E-state index contributed by atoms with van der Waals surface area (Å²) in [5, 5.41) is 6.71. The van der Waals surface area contributed by atoms with Gasteiger partial charge in [0.1, 0.15) is 5.82 Å². The molecule has 0 saturated carbocycles. The van der Waals surface area contributed by atoms with Gasteiger partial charge in [0.25, 0.3) is 5.91 Å². The third-order valence-electron chi connectivity index (χ3n) is 3.86. The summed E-state index contributed by atoms with van der Waals surface area (Å²) in [7, 11) is 0. The highest BCUT2D eigenvalue weighted by Gasteiger charge is 2.14. The van der Waals surface area contributed by atoms with Crippen LogP contribution < -0.4 is 10.6 Å². The molecule has 1 aromatic heterocycles. The van der Waals surface area contributed by atoms with E-state index in [0.29, 0.717) is 22.1 Å². The lowest BCUT2D eigenvalue weighted by atomic mass is 10.1. The number of rotatable bonds is 4. The molecule has 1 amide bonds. The number of aryl methyl sites for hydroxylation is 2. The zero-order valence-corrected chi connectivity index (χ0v) is 14.8. The Morgan fingerprint density at radius 1 is 1.00 bits per heavy atom. The number of nitrogens with one attached hydrogen (secondary N) is 2. The Kier molecular flexibility index (Phi) is 5.00. The molecule has 4 nitrogen and oxygen atoms in total. The third kappa shape index (κ3) is 3.98. The summed E-state index contributed by atoms with van der Waals surface area (Å²) >= 11 is 5.97. The van der Waals surface area contributed by atoms with E-state index >= 15 is 0 Å². The topological polar surface area (TPSA) is 54.0 Å². The lowest BCUT2D eigenvalue weighted by Crippen LogP contribution is -2.15. The fourth-order valence-electron chi connectivity index (χ4n) is 2.58. The summed E-state index contributed by atoms with van der Waals surface area (Å²) in [6.45, 7) is 4.04. The number of carbonyl (C=O) groups excluding carboxylic acids is 1. The van der Waals surface area contributed by atoms with Gasteiger partial charge in [0.2, 0.25) is 0 Å². The maximum atomic E-state index is 12.7. The maximum absolute atomic E-state index is 12.7. The van der Waals surface area contributed by atoms with Crippen molar-refractivity contribution >= 4 is 34.7 Å². The van der Waals surface area contributed by atoms with Gasteiger partial charge in [-0.3, -0.25) is 4.79 Å². The summed E-state index contributed by atoms with van der Waals surface area (Å²) in [5.41, 5.74) is 4.24. The minimum Gasteiger partial charge on any atom is -0.339 e. The number of hydrogen-bond acceptors (Lipinski definition) is 3. The highest BCUT2D eigenvalue weighted by molar-refractivity contribution is 6.31. The van der Waals surface area contributed by atoms with Crippen molar-refractivity contribution in [1.29, 1.82) is 0 Å². The second kappa shape index (κ2) is 7.36. The predicted molar refractivity (Wildman–Crippen MR) is 103 cm³/mol. The molecule has 0 atom stereocenters. The number of nitrogens with zero attached hydrogens (tertiary/aromatic N) is 1. The number of aromatic nitrogens is 1. The molecule has 1 heterocycles. The number of hydrogen-bond donors (Lipinski definition) is 2. The van der Waals surface area contributed by atoms with E-state index in [1.165, 1.54) is 0 Å². The van der Waals surface area contributed by atoms with Gasteiger partial charge < -0.3 is 10.6 Å². The monoisotopic (exact) mass is 351 g/mol. The van der Waals surface area contributed by atoms with Crippen LogP contribution in [0.3, 0.4) is 0 Å². The molecule has 2 aromatic carbocycles. The molecule has 0 spiro atoms. The van der Waals surface area contributed by atoms with Crippen molar-refractivity contribution in [3.8, 4) is 0 Å². The van der Waals surface area contributed by atoms with E-state index in [-0.39, 0.29) is 5.91 Å². The molecule has 5 heteroatoms. The molecule has 25 heavy (non-hydrogen) atoms. The molecule has 0 bridgehead atoms. The van der Waals surface area contributed by atoms with Crippen LogP contribution in [0.4, 0.5) is 17.2 Å². The molecule has 0 aliphatic carbocycles. The van der Waals surface area contributed by atoms with Gasteiger partial charge in [-0.1, -0.05) is 35.9 Å². The summed E-state index contributed by atoms with van der Waals surface area (Å²) < 4.78 is 0. The number of halogens is 1. The highest BCUT2D eigenvalue weighted by atomic mass is 35.5. The first-order valence-corrected chi connectivity index (χ1v) is 8.27. The van der Waals surface area contributed by atoms with Crippen LogP contribution in [0.5, 0.6) is 0 Å². The predicted octanol–water partition coefficient (Wildman–Crippen LogP) is 5.35. The molecule has 0 unspecified atom stereocenters. The van der Waals surface area contributed by atoms with E-state index in [4.69, 9.17) is 11.6 Å². The minimum atomic E-state index is -0.246. The normalized spacial score (nSPS) is 10.4. The number of benzene rings is 2. The maximum Gasteiger partial charge on any atom is 0.259 e. The fourth-order valence-corrected chi connectivity index (χ4v) is 2.77. The first-order valence-electron chi connectivity index (χ1n) is 7.90. The molecule has 0 aliphatic rings. The van der Waals surface area contributed by atoms with Crippen LogP contribution in [0.2, 0.25) is 5.02 Å². The number of amides is 1. The van der Waals surface area contributed by atoms with Gasteiger partial charge in [-0.25, -0.2) is 4.98 Å². The smallest absolute Gasteiger partial charge is 0.259 e. The van der Waals surface area contributed by atoms with Crippen molar-refractivity contribution in [1.82, 2.24) is 4.98 Å². The van der Waals surface area contributed by atoms with Gasteiger partial charge >= 0.3 is 0 Å². The van der Waals surface area contributed by atoms with Crippen LogP contribution >= 0.6 is 11.6 Å². The van der Waals surface area contributed by atoms with Crippen molar-refractivity contribution in [2.45, 2.75) is 13.8 Å². The van der Waals surface area contributed by atoms with Gasteiger partial charge in [0, 0.05) is 22.6 Å². The fraction of sp³-hybridized carbons (Fsp3) is 0.100. The molecule has 0 saturated heterocycles. The van der Waals surface area contributed by atoms with E-state index in [2.05, 4.69) is 15.6 Å². The molecule has 0 fully saturated rings. The van der Waals surface area contributed by atoms with Crippen molar-refractivity contribution in [2.75, 3.05) is 10.6 Å². The van der Waals surface area contributed by atoms with Gasteiger partial charge in [0.15, 0.2) is 0 Å². The Hall–Kier alpha value is -2.85. The number of pyridine rings is 1. The molecule has 2 N–H and O–H groups in total. The largest absolute Gasteiger partial charge is 0.339 e. The summed E-state index contributed by atoms with van der Waals surface area (Å²) in [4.78, 5) is 17.0. The number of para-hydroxylation sites is 1. The standard InChI is InChI=1S/C20H18ClN3O/c1-13-6-3-7-14(2)18(13)24-19-17(10-5-11-22-19)20(25)23-16-9-4-8-15(21)12-16/h3-12H,1-2H3,(H,22,24)(H,23,25). The van der Waals surface area contributed by atoms with Crippen LogP contribution in [0.1, 0.15) is 21.5 Å². The van der Waals surface area contributed by atoms with Gasteiger partial charge in [0.05, 0.1) is 5.56 Å². The van der Waals surface area contributed by atoms with Crippen LogP contribution in [-0.4, -0.2) is 10.9 Å². The van der Waals surface area contributed by atoms with Crippen molar-refractivity contribution in [2.24, 2.45) is 0 Å². The lowest BCUT2D eigenvalue weighted by molar-refractivity contribution is 0.102. The summed E-state index contributed by atoms with van der Waals surface area (Å²) in [6, 6.07) is 16.6. The number of anilines is 3. The first kappa shape index (κ1) is 17.0. The Morgan fingerprint density at radius 3 is 2.44 bits per heavy atom. The van der Waals surface area contributed by atoms with Crippen molar-refractivity contribution in [3.05, 3.63) is 82.5 Å². The quantitative estimate of drug-likeness (QED) is 0.666. The van der Waals surface area contributed by atoms with E-state index in [9.17, 15) is 4.79 Å². The highest BCUT2D eigenvalue weighted by Crippen LogP contribution is 2.25. The zero-order valence-electron chi connectivity index (χ0n) is 14.0. The second-order valence-corrected chi connectivity index (χ2v) is 6.19. The molecular formula is C20H18ClN3O. The summed E-state index contributed by atoms with van der Waals surface area (Å²) in [6.07, 6.45) is 1.66. The van der Waals surface area contributed by atoms with Gasteiger partial charge in [-0.15, -0.1) is 0 Å². The SMILES string of the molecule is Cc1cccc(C)c1Nc1ncccc1C(=O)Nc1cccc(Cl)c1. The average molecular weight is 352 g/mol. The van der Waals surface area contributed by atoms with Crippen LogP contribution in [-0.2, 0) is 0 Å². The minimum absolute atomic E-state index is 0.246. The van der Waals surface area contributed by atoms with E-state index in [0.717, 1.165) is 16.8 Å². The molecule has 3 rings (SSSR count). The molecule has 3 aromatic rings. The average Bonchev–Trinajstić information content (AvgIpc) is 2.58. The van der Waals surface area contributed by atoms with Crippen LogP contribution in [0.25, 0.3) is 0 Å². The van der Waals surface area contributed by atoms with Crippen molar-refractivity contribution < 1.29 is 4.79 Å². The Bertz CT molecular complexity index is 904. The molecule has 0 radical (unpaired) electrons. The Labute approximate surface area is 151 Å². The second-order valence-electron chi connectivity index (χ2n) is 5.76. The zero-order chi connectivity index (χ0) is 17.8. The first-order chi connectivity index (χ1) is 12.0. The molecule has 126 valence electrons. The number of carbonyl (C=O) groups is 1. The van der Waals surface area contributed by atoms with Crippen LogP contribution in [0, 0.1) is 13.8 Å². The van der Waals surface area contributed by atoms with E-state index < -0.39 is 0 Å². The third-order valence-corrected chi connectivity index (χ3v) is 4.09. The Morgan fingerprint density at radius 2 is 1.72 bits per heavy atom.